The molecule has 0 radical (unpaired) electrons. The van der Waals surface area contributed by atoms with Crippen LogP contribution in [0.1, 0.15) is 0 Å². The summed E-state index contributed by atoms with van der Waals surface area (Å²) in [4.78, 5) is 0. The topological polar surface area (TPSA) is 46.5 Å². The van der Waals surface area contributed by atoms with Gasteiger partial charge in [0.05, 0.1) is 10.2 Å². The number of aromatic nitrogens is 4. The summed E-state index contributed by atoms with van der Waals surface area (Å²) in [6, 6.07) is 4.50. The Balaban J connectivity index is 2.59. The minimum atomic E-state index is -0.326. The van der Waals surface area contributed by atoms with E-state index in [-0.39, 0.29) is 5.82 Å². The predicted molar refractivity (Wildman–Crippen MR) is 54.2 cm³/mol. The van der Waals surface area contributed by atoms with Crippen LogP contribution < -0.4 is 0 Å². The van der Waals surface area contributed by atoms with E-state index in [4.69, 9.17) is 12.2 Å². The normalized spacial score (nSPS) is 10.4. The third-order valence-corrected chi connectivity index (χ3v) is 2.50. The van der Waals surface area contributed by atoms with Crippen LogP contribution in [0.15, 0.2) is 22.7 Å². The lowest BCUT2D eigenvalue weighted by atomic mass is 10.3. The molecule has 0 amide bonds. The molecule has 7 heteroatoms. The molecule has 1 heterocycles. The summed E-state index contributed by atoms with van der Waals surface area (Å²) in [6.45, 7) is 0. The highest BCUT2D eigenvalue weighted by Crippen LogP contribution is 2.18. The van der Waals surface area contributed by atoms with E-state index in [9.17, 15) is 4.39 Å². The summed E-state index contributed by atoms with van der Waals surface area (Å²) >= 11 is 7.97. The lowest BCUT2D eigenvalue weighted by molar-refractivity contribution is 0.620. The van der Waals surface area contributed by atoms with Gasteiger partial charge in [-0.3, -0.25) is 0 Å². The van der Waals surface area contributed by atoms with E-state index in [0.717, 1.165) is 0 Å². The molecule has 0 atom stereocenters. The Morgan fingerprint density at radius 1 is 1.50 bits per heavy atom. The van der Waals surface area contributed by atoms with Crippen molar-refractivity contribution in [1.82, 2.24) is 20.2 Å². The van der Waals surface area contributed by atoms with E-state index in [1.54, 1.807) is 12.1 Å². The van der Waals surface area contributed by atoms with Crippen LogP contribution in [0.3, 0.4) is 0 Å². The summed E-state index contributed by atoms with van der Waals surface area (Å²) in [5.74, 6) is -0.326. The third-order valence-electron chi connectivity index (χ3n) is 1.63. The number of tetrazole rings is 1. The van der Waals surface area contributed by atoms with Crippen molar-refractivity contribution >= 4 is 28.1 Å². The van der Waals surface area contributed by atoms with Gasteiger partial charge in [-0.1, -0.05) is 10.3 Å². The molecular formula is C7H4BrFN4S. The van der Waals surface area contributed by atoms with Gasteiger partial charge in [-0.05, 0) is 46.3 Å². The van der Waals surface area contributed by atoms with Crippen molar-refractivity contribution in [1.29, 1.82) is 0 Å². The van der Waals surface area contributed by atoms with Crippen LogP contribution in [0.25, 0.3) is 5.69 Å². The summed E-state index contributed by atoms with van der Waals surface area (Å²) < 4.78 is 15.1. The molecule has 4 nitrogen and oxygen atoms in total. The molecule has 0 saturated carbocycles. The van der Waals surface area contributed by atoms with Crippen molar-refractivity contribution < 1.29 is 4.39 Å². The fourth-order valence-corrected chi connectivity index (χ4v) is 1.54. The maximum atomic E-state index is 12.9. The molecule has 0 aliphatic rings. The number of halogens is 2. The molecule has 0 fully saturated rings. The lowest BCUT2D eigenvalue weighted by Crippen LogP contribution is -1.97. The molecule has 1 aromatic carbocycles. The molecule has 0 saturated heterocycles. The van der Waals surface area contributed by atoms with Gasteiger partial charge < -0.3 is 0 Å². The first kappa shape index (κ1) is 9.47. The smallest absolute Gasteiger partial charge is 0.210 e. The van der Waals surface area contributed by atoms with Crippen molar-refractivity contribution in [2.45, 2.75) is 0 Å². The van der Waals surface area contributed by atoms with Crippen LogP contribution in [0.5, 0.6) is 0 Å². The first-order chi connectivity index (χ1) is 6.68. The average Bonchev–Trinajstić information content (AvgIpc) is 2.57. The maximum absolute atomic E-state index is 12.9. The van der Waals surface area contributed by atoms with Gasteiger partial charge >= 0.3 is 0 Å². The van der Waals surface area contributed by atoms with Crippen LogP contribution >= 0.6 is 28.1 Å². The standard InChI is InChI=1S/C7H4BrFN4S/c8-5-3-4(1-2-6(5)9)13-7(14)10-11-12-13/h1-3H,(H,10,12,14). The van der Waals surface area contributed by atoms with Crippen LogP contribution in [0.2, 0.25) is 0 Å². The van der Waals surface area contributed by atoms with Crippen LogP contribution in [0.4, 0.5) is 4.39 Å². The van der Waals surface area contributed by atoms with Crippen molar-refractivity contribution in [3.05, 3.63) is 33.3 Å². The minimum absolute atomic E-state index is 0.295. The molecule has 0 spiro atoms. The predicted octanol–water partition coefficient (Wildman–Crippen LogP) is 2.23. The molecule has 72 valence electrons. The van der Waals surface area contributed by atoms with Gasteiger partial charge in [0.1, 0.15) is 5.82 Å². The fraction of sp³-hybridized carbons (Fsp3) is 0. The molecule has 0 unspecified atom stereocenters. The molecule has 1 N–H and O–H groups in total. The van der Waals surface area contributed by atoms with Crippen LogP contribution in [-0.2, 0) is 0 Å². The zero-order valence-electron chi connectivity index (χ0n) is 6.74. The van der Waals surface area contributed by atoms with Gasteiger partial charge in [0.2, 0.25) is 4.77 Å². The fourth-order valence-electron chi connectivity index (χ4n) is 0.990. The van der Waals surface area contributed by atoms with Gasteiger partial charge in [0.15, 0.2) is 0 Å². The first-order valence-corrected chi connectivity index (χ1v) is 4.84. The second kappa shape index (κ2) is 3.58. The highest BCUT2D eigenvalue weighted by Gasteiger charge is 2.03. The monoisotopic (exact) mass is 274 g/mol. The Hall–Kier alpha value is -1.08. The van der Waals surface area contributed by atoms with E-state index < -0.39 is 0 Å². The van der Waals surface area contributed by atoms with Gasteiger partial charge in [-0.25, -0.2) is 9.07 Å². The van der Waals surface area contributed by atoms with Crippen LogP contribution in [-0.4, -0.2) is 20.2 Å². The molecule has 0 bridgehead atoms. The molecule has 2 aromatic rings. The van der Waals surface area contributed by atoms with Crippen molar-refractivity contribution in [3.8, 4) is 5.69 Å². The van der Waals surface area contributed by atoms with Gasteiger partial charge in [-0.2, -0.15) is 5.21 Å². The van der Waals surface area contributed by atoms with E-state index >= 15 is 0 Å². The van der Waals surface area contributed by atoms with E-state index in [2.05, 4.69) is 31.5 Å². The SMILES string of the molecule is Fc1ccc(-n2[nH]nnc2=S)cc1Br. The minimum Gasteiger partial charge on any atom is -0.210 e. The zero-order valence-corrected chi connectivity index (χ0v) is 9.14. The van der Waals surface area contributed by atoms with Gasteiger partial charge in [-0.15, -0.1) is 0 Å². The van der Waals surface area contributed by atoms with E-state index in [1.807, 2.05) is 0 Å². The number of rotatable bonds is 1. The summed E-state index contributed by atoms with van der Waals surface area (Å²) in [5, 5.41) is 9.71. The second-order valence-electron chi connectivity index (χ2n) is 2.52. The Morgan fingerprint density at radius 2 is 2.29 bits per heavy atom. The van der Waals surface area contributed by atoms with E-state index in [0.29, 0.717) is 14.9 Å². The Morgan fingerprint density at radius 3 is 2.86 bits per heavy atom. The molecule has 2 rings (SSSR count). The molecule has 0 aliphatic heterocycles. The highest BCUT2D eigenvalue weighted by molar-refractivity contribution is 9.10. The number of nitrogens with one attached hydrogen (secondary N) is 1. The second-order valence-corrected chi connectivity index (χ2v) is 3.74. The highest BCUT2D eigenvalue weighted by atomic mass is 79.9. The van der Waals surface area contributed by atoms with Crippen molar-refractivity contribution in [2.75, 3.05) is 0 Å². The summed E-state index contributed by atoms with van der Waals surface area (Å²) in [6.07, 6.45) is 0. The van der Waals surface area contributed by atoms with E-state index in [1.165, 1.54) is 10.7 Å². The number of H-pyrrole nitrogens is 1. The van der Waals surface area contributed by atoms with Gasteiger partial charge in [0, 0.05) is 0 Å². The number of hydrogen-bond donors (Lipinski definition) is 1. The number of aromatic amines is 1. The maximum Gasteiger partial charge on any atom is 0.242 e. The Bertz CT molecular complexity index is 520. The quantitative estimate of drug-likeness (QED) is 0.812. The molecular weight excluding hydrogens is 271 g/mol. The number of nitrogens with zero attached hydrogens (tertiary/aromatic N) is 3. The molecule has 1 aromatic heterocycles. The Labute approximate surface area is 91.9 Å². The Kier molecular flexibility index (Phi) is 2.42. The first-order valence-electron chi connectivity index (χ1n) is 3.64. The number of hydrogen-bond acceptors (Lipinski definition) is 3. The van der Waals surface area contributed by atoms with Gasteiger partial charge in [0.25, 0.3) is 0 Å². The lowest BCUT2D eigenvalue weighted by Gasteiger charge is -2.01. The zero-order chi connectivity index (χ0) is 10.1. The van der Waals surface area contributed by atoms with Crippen molar-refractivity contribution in [2.24, 2.45) is 0 Å². The average molecular weight is 275 g/mol. The summed E-state index contributed by atoms with van der Waals surface area (Å²) in [5.41, 5.74) is 0.674. The van der Waals surface area contributed by atoms with Crippen LogP contribution in [0, 0.1) is 10.6 Å². The van der Waals surface area contributed by atoms with Crippen molar-refractivity contribution in [3.63, 3.8) is 0 Å². The molecule has 0 aliphatic carbocycles. The third kappa shape index (κ3) is 1.60. The summed E-state index contributed by atoms with van der Waals surface area (Å²) in [7, 11) is 0. The molecule has 14 heavy (non-hydrogen) atoms. The largest absolute Gasteiger partial charge is 0.242 e. The number of benzene rings is 1.